The minimum absolute atomic E-state index is 0.00728. The molecule has 0 unspecified atom stereocenters. The zero-order valence-electron chi connectivity index (χ0n) is 11.6. The molecule has 0 spiro atoms. The summed E-state index contributed by atoms with van der Waals surface area (Å²) in [4.78, 5) is 24.4. The molecule has 110 valence electrons. The summed E-state index contributed by atoms with van der Waals surface area (Å²) >= 11 is 7.34. The number of halogens is 1. The van der Waals surface area contributed by atoms with E-state index in [4.69, 9.17) is 11.6 Å². The van der Waals surface area contributed by atoms with Crippen LogP contribution in [0.15, 0.2) is 24.3 Å². The first kappa shape index (κ1) is 16.9. The lowest BCUT2D eigenvalue weighted by Crippen LogP contribution is -2.30. The Morgan fingerprint density at radius 3 is 2.55 bits per heavy atom. The van der Waals surface area contributed by atoms with E-state index in [1.807, 2.05) is 24.3 Å². The zero-order chi connectivity index (χ0) is 15.0. The predicted molar refractivity (Wildman–Crippen MR) is 81.9 cm³/mol. The molecule has 1 aromatic carbocycles. The molecule has 0 atom stereocenters. The first-order chi connectivity index (χ1) is 9.52. The second kappa shape index (κ2) is 8.87. The molecule has 4 nitrogen and oxygen atoms in total. The Balaban J connectivity index is 2.25. The van der Waals surface area contributed by atoms with E-state index >= 15 is 0 Å². The molecule has 0 aliphatic carbocycles. The van der Waals surface area contributed by atoms with Crippen molar-refractivity contribution in [1.29, 1.82) is 0 Å². The fourth-order valence-corrected chi connectivity index (χ4v) is 2.48. The molecule has 0 N–H and O–H groups in total. The fraction of sp³-hybridized carbons (Fsp3) is 0.429. The molecule has 6 heteroatoms. The highest BCUT2D eigenvalue weighted by Gasteiger charge is 2.10. The number of carbonyl (C=O) groups excluding carboxylic acids is 2. The Morgan fingerprint density at radius 1 is 1.30 bits per heavy atom. The van der Waals surface area contributed by atoms with Crippen LogP contribution in [0.5, 0.6) is 0 Å². The topological polar surface area (TPSA) is 46.6 Å². The number of esters is 1. The monoisotopic (exact) mass is 315 g/mol. The van der Waals surface area contributed by atoms with Gasteiger partial charge < -0.3 is 9.64 Å². The van der Waals surface area contributed by atoms with Gasteiger partial charge in [-0.05, 0) is 17.7 Å². The number of carbonyl (C=O) groups is 2. The molecule has 1 rings (SSSR count). The maximum atomic E-state index is 11.8. The van der Waals surface area contributed by atoms with Gasteiger partial charge in [-0.3, -0.25) is 9.59 Å². The Hall–Kier alpha value is -1.20. The summed E-state index contributed by atoms with van der Waals surface area (Å²) in [6.45, 7) is 0.382. The summed E-state index contributed by atoms with van der Waals surface area (Å²) in [5.41, 5.74) is 1.13. The summed E-state index contributed by atoms with van der Waals surface area (Å²) in [7, 11) is 3.03. The van der Waals surface area contributed by atoms with Crippen LogP contribution in [0, 0.1) is 0 Å². The number of amides is 1. The molecule has 0 fully saturated rings. The van der Waals surface area contributed by atoms with Crippen molar-refractivity contribution in [2.45, 2.75) is 12.2 Å². The number of ether oxygens (including phenoxy) is 1. The van der Waals surface area contributed by atoms with E-state index in [1.165, 1.54) is 18.9 Å². The van der Waals surface area contributed by atoms with E-state index in [9.17, 15) is 9.59 Å². The lowest BCUT2D eigenvalue weighted by atomic mass is 10.2. The lowest BCUT2D eigenvalue weighted by molar-refractivity contribution is -0.141. The van der Waals surface area contributed by atoms with E-state index in [0.717, 1.165) is 11.3 Å². The summed E-state index contributed by atoms with van der Waals surface area (Å²) in [5, 5.41) is 0.706. The zero-order valence-corrected chi connectivity index (χ0v) is 13.2. The third-order valence-corrected chi connectivity index (χ3v) is 3.95. The molecule has 20 heavy (non-hydrogen) atoms. The molecular formula is C14H18ClNO3S. The largest absolute Gasteiger partial charge is 0.469 e. The Kier molecular flexibility index (Phi) is 7.47. The van der Waals surface area contributed by atoms with Crippen LogP contribution >= 0.6 is 23.4 Å². The minimum atomic E-state index is -0.307. The van der Waals surface area contributed by atoms with Crippen LogP contribution in [0.2, 0.25) is 5.02 Å². The molecule has 0 bridgehead atoms. The van der Waals surface area contributed by atoms with Crippen molar-refractivity contribution >= 4 is 35.2 Å². The normalized spacial score (nSPS) is 10.2. The Morgan fingerprint density at radius 2 is 1.95 bits per heavy atom. The van der Waals surface area contributed by atoms with Crippen molar-refractivity contribution in [3.05, 3.63) is 34.9 Å². The number of thioether (sulfide) groups is 1. The maximum absolute atomic E-state index is 11.8. The summed E-state index contributed by atoms with van der Waals surface area (Å²) in [6, 6.07) is 7.56. The second-order valence-electron chi connectivity index (χ2n) is 4.26. The number of hydrogen-bond acceptors (Lipinski definition) is 4. The van der Waals surface area contributed by atoms with Crippen molar-refractivity contribution < 1.29 is 14.3 Å². The minimum Gasteiger partial charge on any atom is -0.469 e. The van der Waals surface area contributed by atoms with Crippen LogP contribution in [-0.2, 0) is 20.1 Å². The quantitative estimate of drug-likeness (QED) is 0.726. The lowest BCUT2D eigenvalue weighted by Gasteiger charge is -2.16. The fourth-order valence-electron chi connectivity index (χ4n) is 1.43. The van der Waals surface area contributed by atoms with Gasteiger partial charge in [0.15, 0.2) is 0 Å². The van der Waals surface area contributed by atoms with Gasteiger partial charge in [0, 0.05) is 24.4 Å². The van der Waals surface area contributed by atoms with Gasteiger partial charge >= 0.3 is 5.97 Å². The van der Waals surface area contributed by atoms with Gasteiger partial charge in [0.1, 0.15) is 0 Å². The van der Waals surface area contributed by atoms with Crippen LogP contribution in [0.4, 0.5) is 0 Å². The van der Waals surface area contributed by atoms with Gasteiger partial charge in [-0.15, -0.1) is 11.8 Å². The SMILES string of the molecule is COC(=O)CCN(C)C(=O)CSCc1ccc(Cl)cc1. The van der Waals surface area contributed by atoms with E-state index in [-0.39, 0.29) is 18.3 Å². The van der Waals surface area contributed by atoms with Crippen molar-refractivity contribution in [2.75, 3.05) is 26.5 Å². The van der Waals surface area contributed by atoms with Gasteiger partial charge in [0.2, 0.25) is 5.91 Å². The number of hydrogen-bond donors (Lipinski definition) is 0. The predicted octanol–water partition coefficient (Wildman–Crippen LogP) is 2.59. The first-order valence-corrected chi connectivity index (χ1v) is 7.69. The smallest absolute Gasteiger partial charge is 0.307 e. The molecule has 0 saturated carbocycles. The van der Waals surface area contributed by atoms with Crippen LogP contribution in [0.1, 0.15) is 12.0 Å². The van der Waals surface area contributed by atoms with Crippen molar-refractivity contribution in [3.8, 4) is 0 Å². The molecule has 1 amide bonds. The first-order valence-electron chi connectivity index (χ1n) is 6.16. The molecule has 0 heterocycles. The third-order valence-electron chi connectivity index (χ3n) is 2.71. The number of methoxy groups -OCH3 is 1. The van der Waals surface area contributed by atoms with E-state index in [0.29, 0.717) is 17.3 Å². The highest BCUT2D eigenvalue weighted by Crippen LogP contribution is 2.15. The molecule has 0 radical (unpaired) electrons. The molecule has 0 aromatic heterocycles. The summed E-state index contributed by atoms with van der Waals surface area (Å²) in [5.74, 6) is 0.847. The van der Waals surface area contributed by atoms with E-state index in [1.54, 1.807) is 11.9 Å². The van der Waals surface area contributed by atoms with Crippen molar-refractivity contribution in [1.82, 2.24) is 4.90 Å². The maximum Gasteiger partial charge on any atom is 0.307 e. The standard InChI is InChI=1S/C14H18ClNO3S/c1-16(8-7-14(18)19-2)13(17)10-20-9-11-3-5-12(15)6-4-11/h3-6H,7-10H2,1-2H3. The van der Waals surface area contributed by atoms with Crippen LogP contribution < -0.4 is 0 Å². The van der Waals surface area contributed by atoms with Gasteiger partial charge in [-0.25, -0.2) is 0 Å². The van der Waals surface area contributed by atoms with Crippen LogP contribution in [-0.4, -0.2) is 43.2 Å². The highest BCUT2D eigenvalue weighted by molar-refractivity contribution is 7.99. The summed E-state index contributed by atoms with van der Waals surface area (Å²) in [6.07, 6.45) is 0.223. The molecule has 1 aromatic rings. The number of benzene rings is 1. The number of nitrogens with zero attached hydrogens (tertiary/aromatic N) is 1. The van der Waals surface area contributed by atoms with Crippen LogP contribution in [0.3, 0.4) is 0 Å². The van der Waals surface area contributed by atoms with E-state index < -0.39 is 0 Å². The summed E-state index contributed by atoms with van der Waals surface area (Å²) < 4.78 is 4.54. The third kappa shape index (κ3) is 6.30. The highest BCUT2D eigenvalue weighted by atomic mass is 35.5. The average Bonchev–Trinajstić information content (AvgIpc) is 2.46. The molecular weight excluding hydrogens is 298 g/mol. The van der Waals surface area contributed by atoms with Crippen molar-refractivity contribution in [3.63, 3.8) is 0 Å². The average molecular weight is 316 g/mol. The van der Waals surface area contributed by atoms with Gasteiger partial charge in [-0.1, -0.05) is 23.7 Å². The van der Waals surface area contributed by atoms with Crippen LogP contribution in [0.25, 0.3) is 0 Å². The Bertz CT molecular complexity index is 450. The van der Waals surface area contributed by atoms with Gasteiger partial charge in [0.05, 0.1) is 19.3 Å². The van der Waals surface area contributed by atoms with Crippen molar-refractivity contribution in [2.24, 2.45) is 0 Å². The molecule has 0 aliphatic heterocycles. The van der Waals surface area contributed by atoms with Gasteiger partial charge in [-0.2, -0.15) is 0 Å². The van der Waals surface area contributed by atoms with E-state index in [2.05, 4.69) is 4.74 Å². The second-order valence-corrected chi connectivity index (χ2v) is 5.68. The Labute approximate surface area is 128 Å². The van der Waals surface area contributed by atoms with Gasteiger partial charge in [0.25, 0.3) is 0 Å². The molecule has 0 saturated heterocycles. The number of rotatable bonds is 7. The molecule has 0 aliphatic rings.